The van der Waals surface area contributed by atoms with E-state index >= 15 is 0 Å². The molecule has 1 aliphatic rings. The quantitative estimate of drug-likeness (QED) is 0.548. The second kappa shape index (κ2) is 2.71. The first-order valence-electron chi connectivity index (χ1n) is 3.96. The summed E-state index contributed by atoms with van der Waals surface area (Å²) in [5, 5.41) is 0. The molecule has 5 heteroatoms. The molecule has 1 aromatic carbocycles. The van der Waals surface area contributed by atoms with Crippen molar-refractivity contribution in [1.29, 1.82) is 0 Å². The Balaban J connectivity index is 2.45. The molecule has 0 radical (unpaired) electrons. The van der Waals surface area contributed by atoms with Crippen LogP contribution in [0.2, 0.25) is 0 Å². The zero-order chi connectivity index (χ0) is 9.47. The Bertz CT molecular complexity index is 424. The molecule has 0 amide bonds. The van der Waals surface area contributed by atoms with Gasteiger partial charge in [-0.15, -0.1) is 0 Å². The van der Waals surface area contributed by atoms with Gasteiger partial charge in [0.2, 0.25) is 10.0 Å². The Morgan fingerprint density at radius 1 is 1.31 bits per heavy atom. The summed E-state index contributed by atoms with van der Waals surface area (Å²) in [5.41, 5.74) is 5.97. The number of anilines is 1. The van der Waals surface area contributed by atoms with Gasteiger partial charge in [0, 0.05) is 18.8 Å². The fourth-order valence-electron chi connectivity index (χ4n) is 1.11. The predicted molar refractivity (Wildman–Crippen MR) is 49.6 cm³/mol. The smallest absolute Gasteiger partial charge is 0.243 e. The molecular formula is C8H10N2O2S. The highest BCUT2D eigenvalue weighted by Crippen LogP contribution is 2.22. The van der Waals surface area contributed by atoms with Crippen LogP contribution in [-0.2, 0) is 10.0 Å². The number of benzene rings is 1. The maximum absolute atomic E-state index is 11.6. The lowest BCUT2D eigenvalue weighted by molar-refractivity contribution is 0.563. The van der Waals surface area contributed by atoms with E-state index in [1.165, 1.54) is 10.4 Å². The van der Waals surface area contributed by atoms with Crippen LogP contribution in [0.1, 0.15) is 0 Å². The molecule has 0 aliphatic carbocycles. The van der Waals surface area contributed by atoms with Crippen LogP contribution >= 0.6 is 0 Å². The third-order valence-electron chi connectivity index (χ3n) is 1.90. The van der Waals surface area contributed by atoms with Crippen molar-refractivity contribution in [3.8, 4) is 0 Å². The van der Waals surface area contributed by atoms with Crippen LogP contribution in [0.25, 0.3) is 0 Å². The van der Waals surface area contributed by atoms with Crippen LogP contribution < -0.4 is 5.73 Å². The van der Waals surface area contributed by atoms with Crippen LogP contribution in [0.4, 0.5) is 5.69 Å². The molecule has 1 aliphatic heterocycles. The molecule has 0 bridgehead atoms. The van der Waals surface area contributed by atoms with Crippen LogP contribution in [-0.4, -0.2) is 25.8 Å². The number of rotatable bonds is 2. The number of sulfonamides is 1. The van der Waals surface area contributed by atoms with Gasteiger partial charge in [0.05, 0.1) is 4.90 Å². The summed E-state index contributed by atoms with van der Waals surface area (Å²) in [5.74, 6) is 0. The lowest BCUT2D eigenvalue weighted by Gasteiger charge is -2.03. The molecule has 70 valence electrons. The summed E-state index contributed by atoms with van der Waals surface area (Å²) < 4.78 is 24.6. The van der Waals surface area contributed by atoms with E-state index in [-0.39, 0.29) is 4.90 Å². The standard InChI is InChI=1S/C8H10N2O2S/c9-7-2-1-3-8(6-7)13(11,12)10-4-5-10/h1-3,6H,4-5,9H2. The third kappa shape index (κ3) is 1.52. The maximum Gasteiger partial charge on any atom is 0.243 e. The summed E-state index contributed by atoms with van der Waals surface area (Å²) in [6, 6.07) is 6.35. The van der Waals surface area contributed by atoms with E-state index < -0.39 is 10.0 Å². The first-order valence-corrected chi connectivity index (χ1v) is 5.40. The Hall–Kier alpha value is -1.07. The fraction of sp³-hybridized carbons (Fsp3) is 0.250. The predicted octanol–water partition coefficient (Wildman–Crippen LogP) is 0.273. The van der Waals surface area contributed by atoms with Crippen molar-refractivity contribution in [2.24, 2.45) is 0 Å². The molecule has 1 heterocycles. The van der Waals surface area contributed by atoms with E-state index in [1.807, 2.05) is 0 Å². The van der Waals surface area contributed by atoms with E-state index in [4.69, 9.17) is 5.73 Å². The monoisotopic (exact) mass is 198 g/mol. The van der Waals surface area contributed by atoms with E-state index in [2.05, 4.69) is 0 Å². The molecule has 0 aromatic heterocycles. The lowest BCUT2D eigenvalue weighted by atomic mass is 10.3. The molecule has 2 rings (SSSR count). The van der Waals surface area contributed by atoms with Gasteiger partial charge in [-0.25, -0.2) is 8.42 Å². The van der Waals surface area contributed by atoms with E-state index in [0.29, 0.717) is 18.8 Å². The van der Waals surface area contributed by atoms with Gasteiger partial charge in [-0.3, -0.25) is 0 Å². The highest BCUT2D eigenvalue weighted by Gasteiger charge is 2.33. The number of hydrogen-bond acceptors (Lipinski definition) is 3. The van der Waals surface area contributed by atoms with Crippen molar-refractivity contribution >= 4 is 15.7 Å². The average molecular weight is 198 g/mol. The van der Waals surface area contributed by atoms with E-state index in [1.54, 1.807) is 18.2 Å². The zero-order valence-corrected chi connectivity index (χ0v) is 7.79. The summed E-state index contributed by atoms with van der Waals surface area (Å²) in [7, 11) is -3.23. The lowest BCUT2D eigenvalue weighted by Crippen LogP contribution is -2.11. The van der Waals surface area contributed by atoms with Gasteiger partial charge in [0.25, 0.3) is 0 Å². The highest BCUT2D eigenvalue weighted by molar-refractivity contribution is 7.89. The first-order chi connectivity index (χ1) is 6.10. The molecule has 1 aromatic rings. The van der Waals surface area contributed by atoms with Gasteiger partial charge in [-0.05, 0) is 18.2 Å². The molecule has 1 fully saturated rings. The van der Waals surface area contributed by atoms with Gasteiger partial charge in [0.15, 0.2) is 0 Å². The Kier molecular flexibility index (Phi) is 1.78. The Morgan fingerprint density at radius 3 is 2.54 bits per heavy atom. The third-order valence-corrected chi connectivity index (χ3v) is 3.80. The minimum absolute atomic E-state index is 0.282. The molecule has 2 N–H and O–H groups in total. The van der Waals surface area contributed by atoms with Crippen LogP contribution in [0.3, 0.4) is 0 Å². The van der Waals surface area contributed by atoms with Gasteiger partial charge in [-0.2, -0.15) is 4.31 Å². The molecule has 0 spiro atoms. The van der Waals surface area contributed by atoms with Crippen molar-refractivity contribution in [2.45, 2.75) is 4.90 Å². The van der Waals surface area contributed by atoms with E-state index in [9.17, 15) is 8.42 Å². The van der Waals surface area contributed by atoms with Gasteiger partial charge in [-0.1, -0.05) is 6.07 Å². The molecule has 1 saturated heterocycles. The van der Waals surface area contributed by atoms with Crippen molar-refractivity contribution in [3.05, 3.63) is 24.3 Å². The number of nitrogens with zero attached hydrogens (tertiary/aromatic N) is 1. The van der Waals surface area contributed by atoms with Crippen molar-refractivity contribution in [3.63, 3.8) is 0 Å². The normalized spacial score (nSPS) is 17.2. The molecule has 0 unspecified atom stereocenters. The highest BCUT2D eigenvalue weighted by atomic mass is 32.2. The summed E-state index contributed by atoms with van der Waals surface area (Å²) >= 11 is 0. The molecule has 13 heavy (non-hydrogen) atoms. The average Bonchev–Trinajstić information content (AvgIpc) is 2.86. The molecular weight excluding hydrogens is 188 g/mol. The van der Waals surface area contributed by atoms with Gasteiger partial charge < -0.3 is 5.73 Å². The van der Waals surface area contributed by atoms with Crippen molar-refractivity contribution in [1.82, 2.24) is 4.31 Å². The second-order valence-electron chi connectivity index (χ2n) is 2.98. The van der Waals surface area contributed by atoms with Crippen molar-refractivity contribution in [2.75, 3.05) is 18.8 Å². The summed E-state index contributed by atoms with van der Waals surface area (Å²) in [4.78, 5) is 0.282. The first kappa shape index (κ1) is 8.52. The Morgan fingerprint density at radius 2 is 2.00 bits per heavy atom. The minimum Gasteiger partial charge on any atom is -0.399 e. The molecule has 0 atom stereocenters. The summed E-state index contributed by atoms with van der Waals surface area (Å²) in [6.07, 6.45) is 0. The van der Waals surface area contributed by atoms with Gasteiger partial charge >= 0.3 is 0 Å². The second-order valence-corrected chi connectivity index (χ2v) is 4.91. The number of nitrogen functional groups attached to an aromatic ring is 1. The summed E-state index contributed by atoms with van der Waals surface area (Å²) in [6.45, 7) is 1.24. The van der Waals surface area contributed by atoms with E-state index in [0.717, 1.165) is 0 Å². The van der Waals surface area contributed by atoms with Gasteiger partial charge in [0.1, 0.15) is 0 Å². The number of nitrogens with two attached hydrogens (primary N) is 1. The fourth-order valence-corrected chi connectivity index (χ4v) is 2.50. The largest absolute Gasteiger partial charge is 0.399 e. The number of hydrogen-bond donors (Lipinski definition) is 1. The van der Waals surface area contributed by atoms with Crippen LogP contribution in [0, 0.1) is 0 Å². The van der Waals surface area contributed by atoms with Crippen LogP contribution in [0.15, 0.2) is 29.2 Å². The topological polar surface area (TPSA) is 63.2 Å². The van der Waals surface area contributed by atoms with Crippen molar-refractivity contribution < 1.29 is 8.42 Å². The Labute approximate surface area is 77.0 Å². The molecule has 4 nitrogen and oxygen atoms in total. The molecule has 0 saturated carbocycles. The zero-order valence-electron chi connectivity index (χ0n) is 6.97. The van der Waals surface area contributed by atoms with Crippen LogP contribution in [0.5, 0.6) is 0 Å². The maximum atomic E-state index is 11.6. The SMILES string of the molecule is Nc1cccc(S(=O)(=O)N2CC2)c1. The minimum atomic E-state index is -3.23.